The van der Waals surface area contributed by atoms with E-state index < -0.39 is 34.9 Å². The summed E-state index contributed by atoms with van der Waals surface area (Å²) in [5.74, 6) is -0.980. The van der Waals surface area contributed by atoms with Gasteiger partial charge >= 0.3 is 0 Å². The number of hydrogen-bond acceptors (Lipinski definition) is 6. The van der Waals surface area contributed by atoms with Crippen molar-refractivity contribution in [1.82, 2.24) is 14.8 Å². The van der Waals surface area contributed by atoms with Crippen molar-refractivity contribution in [2.75, 3.05) is 32.8 Å². The van der Waals surface area contributed by atoms with Gasteiger partial charge in [0.1, 0.15) is 22.8 Å². The largest absolute Gasteiger partial charge is 0.492 e. The van der Waals surface area contributed by atoms with Crippen molar-refractivity contribution in [3.63, 3.8) is 0 Å². The Morgan fingerprint density at radius 1 is 1.20 bits per heavy atom. The molecule has 0 unspecified atom stereocenters. The number of nitrogens with zero attached hydrogens (tertiary/aromatic N) is 3. The number of halogens is 2. The number of hydrogen-bond donors (Lipinski definition) is 2. The zero-order valence-electron chi connectivity index (χ0n) is 23.5. The number of aromatic nitrogens is 1. The Kier molecular flexibility index (Phi) is 9.09. The molecule has 40 heavy (non-hydrogen) atoms. The summed E-state index contributed by atoms with van der Waals surface area (Å²) in [5.41, 5.74) is 3.69. The summed E-state index contributed by atoms with van der Waals surface area (Å²) < 4.78 is 35.7. The van der Waals surface area contributed by atoms with Crippen molar-refractivity contribution < 1.29 is 28.2 Å². The van der Waals surface area contributed by atoms with Crippen LogP contribution in [-0.2, 0) is 4.79 Å². The molecule has 0 bridgehead atoms. The fraction of sp³-hybridized carbons (Fsp3) is 0.567. The van der Waals surface area contributed by atoms with E-state index in [2.05, 4.69) is 9.88 Å². The second-order valence-electron chi connectivity index (χ2n) is 11.4. The molecule has 1 aromatic carbocycles. The van der Waals surface area contributed by atoms with Crippen LogP contribution in [0.3, 0.4) is 0 Å². The van der Waals surface area contributed by atoms with Crippen molar-refractivity contribution in [3.8, 4) is 17.0 Å². The standard InChI is InChI=1S/C30H40F2N4O4/c1-4-30(32,5-2)19-35-12-10-20(11-13-35)18-40-23-7-9-26(34-16-23)24-8-6-21(14-25(24)31)27(38)36-17-22(37)15-29(36,3)28(33)39/h6-9,14,16,20,22,37H,4-5,10-13,15,17-19H2,1-3H3,(H2,33,39)/t22-,29+/m1/s1. The highest BCUT2D eigenvalue weighted by molar-refractivity contribution is 5.99. The van der Waals surface area contributed by atoms with Gasteiger partial charge in [-0.25, -0.2) is 8.78 Å². The first-order valence-electron chi connectivity index (χ1n) is 14.1. The average molecular weight is 559 g/mol. The molecule has 3 heterocycles. The summed E-state index contributed by atoms with van der Waals surface area (Å²) in [7, 11) is 0. The number of β-amino-alcohol motifs (C(OH)–C–C–N with tert-alkyl or cyclic N) is 1. The topological polar surface area (TPSA) is 109 Å². The number of benzene rings is 1. The van der Waals surface area contributed by atoms with Crippen LogP contribution in [-0.4, -0.2) is 81.8 Å². The van der Waals surface area contributed by atoms with Crippen LogP contribution in [0.5, 0.6) is 5.75 Å². The number of carbonyl (C=O) groups excluding carboxylic acids is 2. The number of piperidine rings is 1. The number of aliphatic hydroxyl groups is 1. The van der Waals surface area contributed by atoms with Gasteiger partial charge in [-0.3, -0.25) is 14.6 Å². The van der Waals surface area contributed by atoms with Gasteiger partial charge in [-0.2, -0.15) is 0 Å². The second-order valence-corrected chi connectivity index (χ2v) is 11.4. The maximum atomic E-state index is 15.1. The number of nitrogens with two attached hydrogens (primary N) is 1. The van der Waals surface area contributed by atoms with Crippen LogP contribution in [0, 0.1) is 11.7 Å². The maximum absolute atomic E-state index is 15.1. The minimum Gasteiger partial charge on any atom is -0.492 e. The molecule has 2 atom stereocenters. The normalized spacial score (nSPS) is 22.4. The number of primary amides is 1. The van der Waals surface area contributed by atoms with Gasteiger partial charge in [-0.15, -0.1) is 0 Å². The Morgan fingerprint density at radius 3 is 2.48 bits per heavy atom. The van der Waals surface area contributed by atoms with E-state index in [-0.39, 0.29) is 24.1 Å². The summed E-state index contributed by atoms with van der Waals surface area (Å²) >= 11 is 0. The van der Waals surface area contributed by atoms with Crippen molar-refractivity contribution in [2.45, 2.75) is 70.2 Å². The van der Waals surface area contributed by atoms with Crippen LogP contribution in [0.4, 0.5) is 8.78 Å². The predicted molar refractivity (Wildman–Crippen MR) is 148 cm³/mol. The summed E-state index contributed by atoms with van der Waals surface area (Å²) in [6.07, 6.45) is 3.65. The van der Waals surface area contributed by atoms with Crippen LogP contribution in [0.15, 0.2) is 36.5 Å². The molecule has 218 valence electrons. The van der Waals surface area contributed by atoms with E-state index in [0.29, 0.717) is 43.4 Å². The Balaban J connectivity index is 1.33. The molecule has 0 radical (unpaired) electrons. The van der Waals surface area contributed by atoms with Crippen LogP contribution in [0.2, 0.25) is 0 Å². The lowest BCUT2D eigenvalue weighted by Crippen LogP contribution is -2.53. The zero-order chi connectivity index (χ0) is 29.1. The monoisotopic (exact) mass is 558 g/mol. The average Bonchev–Trinajstić information content (AvgIpc) is 3.27. The molecule has 2 saturated heterocycles. The van der Waals surface area contributed by atoms with E-state index in [1.165, 1.54) is 24.0 Å². The van der Waals surface area contributed by atoms with Crippen molar-refractivity contribution in [3.05, 3.63) is 47.9 Å². The van der Waals surface area contributed by atoms with E-state index in [9.17, 15) is 19.1 Å². The summed E-state index contributed by atoms with van der Waals surface area (Å²) in [6, 6.07) is 7.45. The number of aliphatic hydroxyl groups excluding tert-OH is 1. The number of pyridine rings is 1. The highest BCUT2D eigenvalue weighted by Crippen LogP contribution is 2.32. The number of carbonyl (C=O) groups is 2. The fourth-order valence-corrected chi connectivity index (χ4v) is 5.62. The molecule has 2 aromatic rings. The Bertz CT molecular complexity index is 1200. The second kappa shape index (κ2) is 12.2. The van der Waals surface area contributed by atoms with Gasteiger partial charge in [0, 0.05) is 30.6 Å². The highest BCUT2D eigenvalue weighted by Gasteiger charge is 2.48. The molecule has 4 rings (SSSR count). The number of alkyl halides is 1. The Morgan fingerprint density at radius 2 is 1.90 bits per heavy atom. The van der Waals surface area contributed by atoms with Gasteiger partial charge in [-0.05, 0) is 81.9 Å². The van der Waals surface area contributed by atoms with Crippen LogP contribution >= 0.6 is 0 Å². The fourth-order valence-electron chi connectivity index (χ4n) is 5.62. The summed E-state index contributed by atoms with van der Waals surface area (Å²) in [4.78, 5) is 32.8. The third kappa shape index (κ3) is 6.44. The molecule has 10 heteroatoms. The SMILES string of the molecule is CCC(F)(CC)CN1CCC(COc2ccc(-c3ccc(C(=O)N4C[C@H](O)C[C@@]4(C)C(N)=O)cc3F)nc2)CC1. The maximum Gasteiger partial charge on any atom is 0.254 e. The van der Waals surface area contributed by atoms with Crippen molar-refractivity contribution in [2.24, 2.45) is 11.7 Å². The Labute approximate surface area is 234 Å². The minimum atomic E-state index is -1.34. The quantitative estimate of drug-likeness (QED) is 0.457. The first kappa shape index (κ1) is 29.9. The third-order valence-corrected chi connectivity index (χ3v) is 8.59. The van der Waals surface area contributed by atoms with Crippen LogP contribution in [0.25, 0.3) is 11.3 Å². The molecule has 2 amide bonds. The molecule has 1 aromatic heterocycles. The number of likely N-dealkylation sites (tertiary alicyclic amines) is 2. The lowest BCUT2D eigenvalue weighted by molar-refractivity contribution is -0.126. The van der Waals surface area contributed by atoms with Crippen LogP contribution < -0.4 is 10.5 Å². The van der Waals surface area contributed by atoms with Gasteiger partial charge in [0.15, 0.2) is 0 Å². The van der Waals surface area contributed by atoms with Crippen molar-refractivity contribution >= 4 is 11.8 Å². The highest BCUT2D eigenvalue weighted by atomic mass is 19.1. The van der Waals surface area contributed by atoms with Crippen molar-refractivity contribution in [1.29, 1.82) is 0 Å². The predicted octanol–water partition coefficient (Wildman–Crippen LogP) is 3.96. The lowest BCUT2D eigenvalue weighted by Gasteiger charge is -2.36. The molecule has 3 N–H and O–H groups in total. The Hall–Kier alpha value is -3.11. The van der Waals surface area contributed by atoms with Gasteiger partial charge < -0.3 is 25.4 Å². The molecule has 2 aliphatic rings. The van der Waals surface area contributed by atoms with Gasteiger partial charge in [0.2, 0.25) is 5.91 Å². The third-order valence-electron chi connectivity index (χ3n) is 8.59. The molecule has 8 nitrogen and oxygen atoms in total. The number of amides is 2. The van der Waals surface area contributed by atoms with E-state index in [0.717, 1.165) is 32.0 Å². The number of ether oxygens (including phenoxy) is 1. The molecular formula is C30H40F2N4O4. The lowest BCUT2D eigenvalue weighted by atomic mass is 9.94. The first-order chi connectivity index (χ1) is 19.0. The van der Waals surface area contributed by atoms with E-state index in [4.69, 9.17) is 10.5 Å². The smallest absolute Gasteiger partial charge is 0.254 e. The van der Waals surface area contributed by atoms with E-state index >= 15 is 4.39 Å². The molecular weight excluding hydrogens is 518 g/mol. The summed E-state index contributed by atoms with van der Waals surface area (Å²) in [6.45, 7) is 7.98. The molecule has 0 spiro atoms. The zero-order valence-corrected chi connectivity index (χ0v) is 23.5. The van der Waals surface area contributed by atoms with Crippen LogP contribution in [0.1, 0.15) is 63.2 Å². The summed E-state index contributed by atoms with van der Waals surface area (Å²) in [5, 5.41) is 10.0. The van der Waals surface area contributed by atoms with E-state index in [1.54, 1.807) is 18.3 Å². The van der Waals surface area contributed by atoms with Gasteiger partial charge in [-0.1, -0.05) is 13.8 Å². The first-order valence-corrected chi connectivity index (χ1v) is 14.1. The van der Waals surface area contributed by atoms with E-state index in [1.807, 2.05) is 13.8 Å². The molecule has 0 saturated carbocycles. The number of rotatable bonds is 10. The minimum absolute atomic E-state index is 0.0316. The molecule has 2 aliphatic heterocycles. The van der Waals surface area contributed by atoms with Gasteiger partial charge in [0.25, 0.3) is 5.91 Å². The van der Waals surface area contributed by atoms with Gasteiger partial charge in [0.05, 0.1) is 24.6 Å². The molecule has 2 fully saturated rings. The molecule has 0 aliphatic carbocycles.